The highest BCUT2D eigenvalue weighted by molar-refractivity contribution is 7.85. The van der Waals surface area contributed by atoms with Gasteiger partial charge in [0.2, 0.25) is 5.91 Å². The molecule has 0 bridgehead atoms. The van der Waals surface area contributed by atoms with Crippen molar-refractivity contribution in [2.75, 3.05) is 42.6 Å². The van der Waals surface area contributed by atoms with Crippen molar-refractivity contribution in [2.45, 2.75) is 19.4 Å². The van der Waals surface area contributed by atoms with E-state index in [1.54, 1.807) is 6.20 Å². The third kappa shape index (κ3) is 5.19. The lowest BCUT2D eigenvalue weighted by Crippen LogP contribution is -2.36. The topological polar surface area (TPSA) is 104 Å². The molecule has 0 radical (unpaired) electrons. The lowest BCUT2D eigenvalue weighted by Gasteiger charge is -2.28. The van der Waals surface area contributed by atoms with Crippen molar-refractivity contribution in [3.63, 3.8) is 0 Å². The number of hydrogen-bond donors (Lipinski definition) is 1. The Balaban J connectivity index is 1.42. The van der Waals surface area contributed by atoms with E-state index in [2.05, 4.69) is 20.2 Å². The summed E-state index contributed by atoms with van der Waals surface area (Å²) in [5.74, 6) is 2.08. The molecule has 1 aromatic heterocycles. The number of allylic oxidation sites excluding steroid dienone is 3. The molecular weight excluding hydrogens is 418 g/mol. The monoisotopic (exact) mass is 443 g/mol. The molecule has 31 heavy (non-hydrogen) atoms. The number of carbonyl (C=O) groups excluding carboxylic acids is 2. The standard InChI is InChI=1S/C21H25N5O4S/c1-15(27)23-13-18-14-26(21(28)30-18)17-3-4-19(24-12-17)16-2-5-20(22-7-6-16)25-8-10-31(29)11-9-25/h2-5,7,12,18H,6,8-11,13-14H2,1H3,(H,23,27). The number of amides is 2. The molecule has 1 N–H and O–H groups in total. The second-order valence-corrected chi connectivity index (χ2v) is 9.22. The molecule has 1 aromatic rings. The number of ether oxygens (including phenoxy) is 1. The Morgan fingerprint density at radius 3 is 2.81 bits per heavy atom. The first-order valence-electron chi connectivity index (χ1n) is 10.2. The van der Waals surface area contributed by atoms with Crippen LogP contribution in [0.15, 0.2) is 41.3 Å². The molecule has 10 heteroatoms. The second-order valence-electron chi connectivity index (χ2n) is 7.52. The van der Waals surface area contributed by atoms with Gasteiger partial charge in [-0.1, -0.05) is 6.08 Å². The SMILES string of the molecule is CC(=O)NCC1CN(c2ccc(C3=CC=C(N4CCS(=O)CC4)N=CC3)nc2)C(=O)O1. The van der Waals surface area contributed by atoms with Gasteiger partial charge in [-0.2, -0.15) is 0 Å². The Morgan fingerprint density at radius 2 is 2.10 bits per heavy atom. The van der Waals surface area contributed by atoms with Crippen LogP contribution in [-0.2, 0) is 20.3 Å². The van der Waals surface area contributed by atoms with Crippen LogP contribution in [0.1, 0.15) is 19.0 Å². The number of cyclic esters (lactones) is 1. The molecule has 2 saturated heterocycles. The van der Waals surface area contributed by atoms with E-state index in [-0.39, 0.29) is 18.6 Å². The summed E-state index contributed by atoms with van der Waals surface area (Å²) in [6, 6.07) is 3.73. The van der Waals surface area contributed by atoms with E-state index in [9.17, 15) is 13.8 Å². The number of pyridine rings is 1. The van der Waals surface area contributed by atoms with Gasteiger partial charge < -0.3 is 15.0 Å². The zero-order valence-corrected chi connectivity index (χ0v) is 18.1. The maximum Gasteiger partial charge on any atom is 0.414 e. The highest BCUT2D eigenvalue weighted by Gasteiger charge is 2.32. The highest BCUT2D eigenvalue weighted by Crippen LogP contribution is 2.25. The smallest absolute Gasteiger partial charge is 0.414 e. The first kappa shape index (κ1) is 21.2. The quantitative estimate of drug-likeness (QED) is 0.736. The maximum atomic E-state index is 12.2. The zero-order chi connectivity index (χ0) is 21.8. The number of nitrogens with zero attached hydrogens (tertiary/aromatic N) is 4. The van der Waals surface area contributed by atoms with Gasteiger partial charge in [0.05, 0.1) is 30.7 Å². The van der Waals surface area contributed by atoms with Gasteiger partial charge in [-0.15, -0.1) is 0 Å². The first-order chi connectivity index (χ1) is 15.0. The number of rotatable bonds is 5. The van der Waals surface area contributed by atoms with E-state index in [4.69, 9.17) is 4.74 Å². The predicted molar refractivity (Wildman–Crippen MR) is 119 cm³/mol. The Morgan fingerprint density at radius 1 is 1.29 bits per heavy atom. The van der Waals surface area contributed by atoms with E-state index >= 15 is 0 Å². The van der Waals surface area contributed by atoms with Gasteiger partial charge >= 0.3 is 6.09 Å². The van der Waals surface area contributed by atoms with Gasteiger partial charge in [0, 0.05) is 55.0 Å². The van der Waals surface area contributed by atoms with Crippen LogP contribution in [0.4, 0.5) is 10.5 Å². The second kappa shape index (κ2) is 9.42. The summed E-state index contributed by atoms with van der Waals surface area (Å²) < 4.78 is 16.9. The first-order valence-corrected chi connectivity index (χ1v) is 11.7. The number of aliphatic imine (C=N–C) groups is 1. The summed E-state index contributed by atoms with van der Waals surface area (Å²) in [6.45, 7) is 3.58. The van der Waals surface area contributed by atoms with E-state index in [1.165, 1.54) is 11.8 Å². The van der Waals surface area contributed by atoms with Crippen molar-refractivity contribution in [1.29, 1.82) is 0 Å². The molecule has 0 aromatic carbocycles. The van der Waals surface area contributed by atoms with Crippen LogP contribution in [0.5, 0.6) is 0 Å². The van der Waals surface area contributed by atoms with Crippen LogP contribution in [0, 0.1) is 0 Å². The summed E-state index contributed by atoms with van der Waals surface area (Å²) in [5, 5.41) is 2.67. The molecular formula is C21H25N5O4S. The maximum absolute atomic E-state index is 12.2. The fourth-order valence-electron chi connectivity index (χ4n) is 3.60. The Bertz CT molecular complexity index is 962. The molecule has 4 rings (SSSR count). The van der Waals surface area contributed by atoms with Gasteiger partial charge in [0.1, 0.15) is 11.9 Å². The number of anilines is 1. The molecule has 4 heterocycles. The number of aromatic nitrogens is 1. The summed E-state index contributed by atoms with van der Waals surface area (Å²) >= 11 is 0. The van der Waals surface area contributed by atoms with Crippen molar-refractivity contribution >= 4 is 40.3 Å². The largest absolute Gasteiger partial charge is 0.442 e. The van der Waals surface area contributed by atoms with Crippen molar-refractivity contribution in [3.8, 4) is 0 Å². The molecule has 164 valence electrons. The summed E-state index contributed by atoms with van der Waals surface area (Å²) in [5.41, 5.74) is 2.49. The van der Waals surface area contributed by atoms with Crippen LogP contribution in [-0.4, -0.2) is 76.1 Å². The van der Waals surface area contributed by atoms with E-state index in [0.29, 0.717) is 30.2 Å². The predicted octanol–water partition coefficient (Wildman–Crippen LogP) is 1.31. The molecule has 0 spiro atoms. The lowest BCUT2D eigenvalue weighted by molar-refractivity contribution is -0.119. The molecule has 0 saturated carbocycles. The molecule has 1 unspecified atom stereocenters. The molecule has 2 amide bonds. The fraction of sp³-hybridized carbons (Fsp3) is 0.429. The lowest BCUT2D eigenvalue weighted by atomic mass is 10.1. The molecule has 0 aliphatic carbocycles. The minimum atomic E-state index is -0.720. The summed E-state index contributed by atoms with van der Waals surface area (Å²) in [7, 11) is -0.720. The van der Waals surface area contributed by atoms with Crippen LogP contribution >= 0.6 is 0 Å². The summed E-state index contributed by atoms with van der Waals surface area (Å²) in [4.78, 5) is 36.0. The van der Waals surface area contributed by atoms with Crippen LogP contribution in [0.3, 0.4) is 0 Å². The molecule has 3 aliphatic rings. The van der Waals surface area contributed by atoms with Gasteiger partial charge in [-0.3, -0.25) is 18.9 Å². The highest BCUT2D eigenvalue weighted by atomic mass is 32.2. The summed E-state index contributed by atoms with van der Waals surface area (Å²) in [6.07, 6.45) is 7.35. The minimum absolute atomic E-state index is 0.159. The Labute approximate surface area is 183 Å². The minimum Gasteiger partial charge on any atom is -0.442 e. The van der Waals surface area contributed by atoms with Crippen LogP contribution in [0.2, 0.25) is 0 Å². The van der Waals surface area contributed by atoms with E-state index < -0.39 is 16.9 Å². The molecule has 1 atom stereocenters. The van der Waals surface area contributed by atoms with Crippen molar-refractivity contribution in [2.24, 2.45) is 4.99 Å². The van der Waals surface area contributed by atoms with Crippen LogP contribution in [0.25, 0.3) is 5.57 Å². The Hall–Kier alpha value is -3.01. The van der Waals surface area contributed by atoms with E-state index in [1.807, 2.05) is 30.5 Å². The normalized spacial score (nSPS) is 22.0. The average molecular weight is 444 g/mol. The number of carbonyl (C=O) groups is 2. The van der Waals surface area contributed by atoms with E-state index in [0.717, 1.165) is 30.2 Å². The average Bonchev–Trinajstić information content (AvgIpc) is 2.97. The van der Waals surface area contributed by atoms with Crippen molar-refractivity contribution in [3.05, 3.63) is 42.0 Å². The number of nitrogens with one attached hydrogen (secondary N) is 1. The molecule has 2 fully saturated rings. The van der Waals surface area contributed by atoms with Crippen molar-refractivity contribution in [1.82, 2.24) is 15.2 Å². The van der Waals surface area contributed by atoms with Gasteiger partial charge in [0.25, 0.3) is 0 Å². The number of hydrogen-bond acceptors (Lipinski definition) is 7. The van der Waals surface area contributed by atoms with Crippen molar-refractivity contribution < 1.29 is 18.5 Å². The third-order valence-electron chi connectivity index (χ3n) is 5.31. The molecule has 9 nitrogen and oxygen atoms in total. The Kier molecular flexibility index (Phi) is 6.45. The molecule has 3 aliphatic heterocycles. The van der Waals surface area contributed by atoms with Gasteiger partial charge in [-0.05, 0) is 23.8 Å². The third-order valence-corrected chi connectivity index (χ3v) is 6.59. The van der Waals surface area contributed by atoms with Crippen LogP contribution < -0.4 is 10.2 Å². The zero-order valence-electron chi connectivity index (χ0n) is 17.3. The fourth-order valence-corrected chi connectivity index (χ4v) is 4.65. The van der Waals surface area contributed by atoms with Gasteiger partial charge in [0.15, 0.2) is 0 Å². The van der Waals surface area contributed by atoms with Gasteiger partial charge in [-0.25, -0.2) is 9.79 Å².